The number of morpholine rings is 1. The van der Waals surface area contributed by atoms with Crippen LogP contribution in [0.3, 0.4) is 0 Å². The Morgan fingerprint density at radius 1 is 1.55 bits per heavy atom. The van der Waals surface area contributed by atoms with E-state index in [1.807, 2.05) is 11.4 Å². The number of nitrogens with one attached hydrogen (secondary N) is 1. The molecule has 20 heavy (non-hydrogen) atoms. The molecule has 3 rings (SSSR count). The van der Waals surface area contributed by atoms with Crippen molar-refractivity contribution in [3.8, 4) is 0 Å². The van der Waals surface area contributed by atoms with Gasteiger partial charge in [0.1, 0.15) is 10.7 Å². The van der Waals surface area contributed by atoms with E-state index in [9.17, 15) is 0 Å². The van der Waals surface area contributed by atoms with Crippen LogP contribution < -0.4 is 11.3 Å². The number of fused-ring (bicyclic) bond motifs is 1. The molecule has 1 atom stereocenters. The van der Waals surface area contributed by atoms with Crippen LogP contribution >= 0.6 is 11.3 Å². The second kappa shape index (κ2) is 6.01. The maximum atomic E-state index is 5.56. The number of hydrazine groups is 1. The molecule has 0 radical (unpaired) electrons. The number of anilines is 1. The normalized spacial score (nSPS) is 20.4. The van der Waals surface area contributed by atoms with Gasteiger partial charge in [-0.25, -0.2) is 15.8 Å². The first kappa shape index (κ1) is 13.7. The molecule has 7 heteroatoms. The molecule has 3 N–H and O–H groups in total. The topological polar surface area (TPSA) is 76.3 Å². The minimum Gasteiger partial charge on any atom is -0.378 e. The Hall–Kier alpha value is -1.28. The van der Waals surface area contributed by atoms with Crippen LogP contribution in [0.15, 0.2) is 11.4 Å². The first-order valence-electron chi connectivity index (χ1n) is 6.84. The molecule has 0 aromatic carbocycles. The van der Waals surface area contributed by atoms with Crippen molar-refractivity contribution in [3.63, 3.8) is 0 Å². The zero-order valence-electron chi connectivity index (χ0n) is 11.5. The molecule has 2 aromatic heterocycles. The minimum absolute atomic E-state index is 0.445. The molecule has 6 nitrogen and oxygen atoms in total. The van der Waals surface area contributed by atoms with Gasteiger partial charge in [0.15, 0.2) is 5.82 Å². The molecule has 2 aromatic rings. The monoisotopic (exact) mass is 293 g/mol. The van der Waals surface area contributed by atoms with Crippen LogP contribution in [0.4, 0.5) is 5.82 Å². The molecular formula is C13H19N5OS. The van der Waals surface area contributed by atoms with Crippen molar-refractivity contribution in [2.45, 2.75) is 25.9 Å². The quantitative estimate of drug-likeness (QED) is 0.658. The van der Waals surface area contributed by atoms with E-state index in [4.69, 9.17) is 10.6 Å². The zero-order valence-corrected chi connectivity index (χ0v) is 12.3. The fraction of sp³-hybridized carbons (Fsp3) is 0.538. The van der Waals surface area contributed by atoms with E-state index in [0.717, 1.165) is 48.8 Å². The zero-order chi connectivity index (χ0) is 13.9. The third-order valence-electron chi connectivity index (χ3n) is 3.67. The van der Waals surface area contributed by atoms with Crippen molar-refractivity contribution in [2.24, 2.45) is 5.84 Å². The third-order valence-corrected chi connectivity index (χ3v) is 4.48. The molecule has 1 aliphatic heterocycles. The van der Waals surface area contributed by atoms with Crippen LogP contribution in [-0.4, -0.2) is 40.7 Å². The number of rotatable bonds is 4. The summed E-state index contributed by atoms with van der Waals surface area (Å²) >= 11 is 1.61. The summed E-state index contributed by atoms with van der Waals surface area (Å²) < 4.78 is 5.53. The smallest absolute Gasteiger partial charge is 0.152 e. The third kappa shape index (κ3) is 2.62. The number of nitrogen functional groups attached to an aromatic ring is 1. The maximum Gasteiger partial charge on any atom is 0.152 e. The van der Waals surface area contributed by atoms with Crippen LogP contribution in [0.1, 0.15) is 19.2 Å². The number of aromatic nitrogens is 2. The number of hydrogen-bond acceptors (Lipinski definition) is 7. The van der Waals surface area contributed by atoms with Gasteiger partial charge in [-0.1, -0.05) is 6.92 Å². The number of ether oxygens (including phenoxy) is 1. The van der Waals surface area contributed by atoms with Crippen molar-refractivity contribution in [2.75, 3.05) is 25.2 Å². The standard InChI is InChI=1S/C13H19N5OS/c1-2-9-8-19-5-4-18(9)7-11-15-12(17-14)10-3-6-20-13(10)16-11/h3,6,9H,2,4-5,7-8,14H2,1H3,(H,15,16,17). The molecule has 0 bridgehead atoms. The van der Waals surface area contributed by atoms with Gasteiger partial charge >= 0.3 is 0 Å². The molecule has 0 saturated carbocycles. The maximum absolute atomic E-state index is 5.56. The van der Waals surface area contributed by atoms with E-state index in [0.29, 0.717) is 11.9 Å². The van der Waals surface area contributed by atoms with Gasteiger partial charge < -0.3 is 10.2 Å². The number of nitrogens with zero attached hydrogens (tertiary/aromatic N) is 3. The molecule has 0 aliphatic carbocycles. The van der Waals surface area contributed by atoms with Crippen molar-refractivity contribution in [3.05, 3.63) is 17.3 Å². The van der Waals surface area contributed by atoms with E-state index < -0.39 is 0 Å². The second-order valence-corrected chi connectivity index (χ2v) is 5.77. The van der Waals surface area contributed by atoms with E-state index in [1.165, 1.54) is 0 Å². The average molecular weight is 293 g/mol. The number of nitrogens with two attached hydrogens (primary N) is 1. The highest BCUT2D eigenvalue weighted by Gasteiger charge is 2.22. The highest BCUT2D eigenvalue weighted by molar-refractivity contribution is 7.16. The average Bonchev–Trinajstić information content (AvgIpc) is 2.95. The Morgan fingerprint density at radius 3 is 3.25 bits per heavy atom. The van der Waals surface area contributed by atoms with Gasteiger partial charge in [-0.15, -0.1) is 11.3 Å². The molecule has 108 valence electrons. The summed E-state index contributed by atoms with van der Waals surface area (Å²) in [5.74, 6) is 7.08. The van der Waals surface area contributed by atoms with Gasteiger partial charge in [0.2, 0.25) is 0 Å². The van der Waals surface area contributed by atoms with Gasteiger partial charge in [-0.05, 0) is 17.9 Å². The number of hydrogen-bond donors (Lipinski definition) is 2. The molecule has 1 fully saturated rings. The Morgan fingerprint density at radius 2 is 2.45 bits per heavy atom. The summed E-state index contributed by atoms with van der Waals surface area (Å²) in [4.78, 5) is 12.5. The first-order valence-corrected chi connectivity index (χ1v) is 7.72. The van der Waals surface area contributed by atoms with Crippen molar-refractivity contribution in [1.82, 2.24) is 14.9 Å². The Balaban J connectivity index is 1.86. The molecule has 0 spiro atoms. The summed E-state index contributed by atoms with van der Waals surface area (Å²) in [7, 11) is 0. The lowest BCUT2D eigenvalue weighted by molar-refractivity contribution is -0.0137. The summed E-state index contributed by atoms with van der Waals surface area (Å²) in [6.45, 7) is 5.42. The molecule has 1 aliphatic rings. The lowest BCUT2D eigenvalue weighted by atomic mass is 10.2. The molecule has 1 unspecified atom stereocenters. The van der Waals surface area contributed by atoms with Crippen LogP contribution in [0.5, 0.6) is 0 Å². The molecule has 0 amide bonds. The summed E-state index contributed by atoms with van der Waals surface area (Å²) in [6.07, 6.45) is 1.07. The lowest BCUT2D eigenvalue weighted by Gasteiger charge is -2.34. The van der Waals surface area contributed by atoms with E-state index in [-0.39, 0.29) is 0 Å². The van der Waals surface area contributed by atoms with Crippen LogP contribution in [0, 0.1) is 0 Å². The highest BCUT2D eigenvalue weighted by atomic mass is 32.1. The Bertz CT molecular complexity index is 587. The Kier molecular flexibility index (Phi) is 4.11. The van der Waals surface area contributed by atoms with E-state index >= 15 is 0 Å². The van der Waals surface area contributed by atoms with Gasteiger partial charge in [-0.2, -0.15) is 0 Å². The second-order valence-electron chi connectivity index (χ2n) is 4.88. The Labute approximate surface area is 121 Å². The highest BCUT2D eigenvalue weighted by Crippen LogP contribution is 2.25. The van der Waals surface area contributed by atoms with Crippen molar-refractivity contribution >= 4 is 27.4 Å². The number of thiophene rings is 1. The minimum atomic E-state index is 0.445. The molecule has 1 saturated heterocycles. The fourth-order valence-corrected chi connectivity index (χ4v) is 3.32. The molecule has 3 heterocycles. The SMILES string of the molecule is CCC1COCCN1Cc1nc(NN)c2ccsc2n1. The van der Waals surface area contributed by atoms with Crippen molar-refractivity contribution in [1.29, 1.82) is 0 Å². The van der Waals surface area contributed by atoms with Crippen LogP contribution in [0.2, 0.25) is 0 Å². The van der Waals surface area contributed by atoms with Crippen molar-refractivity contribution < 1.29 is 4.74 Å². The molecular weight excluding hydrogens is 274 g/mol. The first-order chi connectivity index (χ1) is 9.81. The predicted molar refractivity (Wildman–Crippen MR) is 80.5 cm³/mol. The fourth-order valence-electron chi connectivity index (χ4n) is 2.54. The van der Waals surface area contributed by atoms with Gasteiger partial charge in [0.25, 0.3) is 0 Å². The largest absolute Gasteiger partial charge is 0.378 e. The van der Waals surface area contributed by atoms with Crippen LogP contribution in [-0.2, 0) is 11.3 Å². The van der Waals surface area contributed by atoms with Gasteiger partial charge in [0, 0.05) is 12.6 Å². The van der Waals surface area contributed by atoms with Gasteiger partial charge in [0.05, 0.1) is 25.1 Å². The summed E-state index contributed by atoms with van der Waals surface area (Å²) in [5, 5.41) is 2.99. The summed E-state index contributed by atoms with van der Waals surface area (Å²) in [6, 6.07) is 2.43. The van der Waals surface area contributed by atoms with Crippen LogP contribution in [0.25, 0.3) is 10.2 Å². The van der Waals surface area contributed by atoms with Gasteiger partial charge in [-0.3, -0.25) is 4.90 Å². The van der Waals surface area contributed by atoms with E-state index in [2.05, 4.69) is 27.2 Å². The lowest BCUT2D eigenvalue weighted by Crippen LogP contribution is -2.44. The summed E-state index contributed by atoms with van der Waals surface area (Å²) in [5.41, 5.74) is 2.67. The van der Waals surface area contributed by atoms with E-state index in [1.54, 1.807) is 11.3 Å². The predicted octanol–water partition coefficient (Wildman–Crippen LogP) is 1.59.